The highest BCUT2D eigenvalue weighted by Gasteiger charge is 2.23. The van der Waals surface area contributed by atoms with Crippen molar-refractivity contribution in [3.63, 3.8) is 0 Å². The van der Waals surface area contributed by atoms with Crippen LogP contribution in [0.15, 0.2) is 46.5 Å². The summed E-state index contributed by atoms with van der Waals surface area (Å²) in [6, 6.07) is 0. The van der Waals surface area contributed by atoms with Crippen molar-refractivity contribution in [2.45, 2.75) is 19.3 Å². The summed E-state index contributed by atoms with van der Waals surface area (Å²) in [7, 11) is 3.22. The van der Waals surface area contributed by atoms with E-state index in [9.17, 15) is 4.79 Å². The van der Waals surface area contributed by atoms with Gasteiger partial charge in [-0.25, -0.2) is 4.79 Å². The fourth-order valence-electron chi connectivity index (χ4n) is 2.25. The minimum absolute atomic E-state index is 0.423. The van der Waals surface area contributed by atoms with Crippen LogP contribution in [0, 0.1) is 0 Å². The van der Waals surface area contributed by atoms with Crippen molar-refractivity contribution in [2.75, 3.05) is 14.2 Å². The summed E-state index contributed by atoms with van der Waals surface area (Å²) >= 11 is 0. The molecule has 1 N–H and O–H groups in total. The van der Waals surface area contributed by atoms with E-state index in [0.29, 0.717) is 30.6 Å². The quantitative estimate of drug-likeness (QED) is 0.834. The third kappa shape index (κ3) is 2.18. The number of ether oxygens (including phenoxy) is 2. The number of allylic oxidation sites excluding steroid dienone is 4. The number of rotatable bonds is 3. The first-order chi connectivity index (χ1) is 8.67. The van der Waals surface area contributed by atoms with Crippen molar-refractivity contribution in [2.24, 2.45) is 0 Å². The Labute approximate surface area is 106 Å². The third-order valence-corrected chi connectivity index (χ3v) is 3.22. The molecule has 0 amide bonds. The van der Waals surface area contributed by atoms with Crippen LogP contribution in [0.2, 0.25) is 0 Å². The number of methoxy groups -OCH3 is 2. The largest absolute Gasteiger partial charge is 0.497 e. The minimum Gasteiger partial charge on any atom is -0.497 e. The molecule has 0 atom stereocenters. The molecule has 0 spiro atoms. The summed E-state index contributed by atoms with van der Waals surface area (Å²) in [5, 5.41) is 9.03. The van der Waals surface area contributed by atoms with Crippen LogP contribution in [0.1, 0.15) is 19.3 Å². The SMILES string of the molecule is COC1=C(OC)C2=CC=C(C(=O)O)CCC2=CC1. The Bertz CT molecular complexity index is 492. The maximum atomic E-state index is 11.0. The third-order valence-electron chi connectivity index (χ3n) is 3.22. The molecule has 2 rings (SSSR count). The van der Waals surface area contributed by atoms with Gasteiger partial charge in [0.2, 0.25) is 0 Å². The summed E-state index contributed by atoms with van der Waals surface area (Å²) in [5.41, 5.74) is 2.48. The van der Waals surface area contributed by atoms with Crippen LogP contribution >= 0.6 is 0 Å². The molecule has 0 radical (unpaired) electrons. The van der Waals surface area contributed by atoms with Gasteiger partial charge in [0.25, 0.3) is 0 Å². The second-order valence-corrected chi connectivity index (χ2v) is 4.17. The first-order valence-electron chi connectivity index (χ1n) is 5.82. The van der Waals surface area contributed by atoms with Gasteiger partial charge in [-0.1, -0.05) is 18.2 Å². The standard InChI is InChI=1S/C14H16O4/c1-17-12-8-6-9-3-4-10(14(15)16)5-7-11(9)13(12)18-2/h5-7H,3-4,8H2,1-2H3,(H,15,16). The van der Waals surface area contributed by atoms with E-state index in [4.69, 9.17) is 14.6 Å². The molecule has 0 aromatic heterocycles. The van der Waals surface area contributed by atoms with Gasteiger partial charge in [0.05, 0.1) is 14.2 Å². The highest BCUT2D eigenvalue weighted by molar-refractivity contribution is 5.87. The first-order valence-corrected chi connectivity index (χ1v) is 5.82. The first kappa shape index (κ1) is 12.5. The van der Waals surface area contributed by atoms with Gasteiger partial charge in [0, 0.05) is 17.6 Å². The van der Waals surface area contributed by atoms with Gasteiger partial charge in [0.15, 0.2) is 5.76 Å². The van der Waals surface area contributed by atoms with E-state index >= 15 is 0 Å². The van der Waals surface area contributed by atoms with Crippen LogP contribution in [0.4, 0.5) is 0 Å². The predicted octanol–water partition coefficient (Wildman–Crippen LogP) is 2.55. The molecule has 18 heavy (non-hydrogen) atoms. The van der Waals surface area contributed by atoms with Crippen molar-refractivity contribution in [3.8, 4) is 0 Å². The van der Waals surface area contributed by atoms with E-state index in [1.54, 1.807) is 26.4 Å². The number of carboxylic acid groups (broad SMARTS) is 1. The highest BCUT2D eigenvalue weighted by Crippen LogP contribution is 2.35. The molecule has 0 aromatic carbocycles. The average Bonchev–Trinajstić information content (AvgIpc) is 2.59. The second-order valence-electron chi connectivity index (χ2n) is 4.17. The number of carbonyl (C=O) groups is 1. The Morgan fingerprint density at radius 3 is 2.61 bits per heavy atom. The van der Waals surface area contributed by atoms with Crippen LogP contribution in [-0.2, 0) is 14.3 Å². The van der Waals surface area contributed by atoms with Crippen molar-refractivity contribution < 1.29 is 19.4 Å². The summed E-state index contributed by atoms with van der Waals surface area (Å²) in [6.45, 7) is 0. The van der Waals surface area contributed by atoms with E-state index in [1.807, 2.05) is 0 Å². The molecule has 0 bridgehead atoms. The summed E-state index contributed by atoms with van der Waals surface area (Å²) in [5.74, 6) is 0.624. The minimum atomic E-state index is -0.860. The molecule has 0 unspecified atom stereocenters. The topological polar surface area (TPSA) is 55.8 Å². The molecule has 2 aliphatic carbocycles. The van der Waals surface area contributed by atoms with Crippen LogP contribution < -0.4 is 0 Å². The van der Waals surface area contributed by atoms with Crippen molar-refractivity contribution in [1.82, 2.24) is 0 Å². The highest BCUT2D eigenvalue weighted by atomic mass is 16.5. The van der Waals surface area contributed by atoms with E-state index in [2.05, 4.69) is 6.08 Å². The summed E-state index contributed by atoms with van der Waals surface area (Å²) in [6.07, 6.45) is 7.48. The van der Waals surface area contributed by atoms with Gasteiger partial charge in [0.1, 0.15) is 5.76 Å². The molecule has 0 saturated heterocycles. The monoisotopic (exact) mass is 248 g/mol. The Morgan fingerprint density at radius 1 is 1.22 bits per heavy atom. The van der Waals surface area contributed by atoms with Crippen LogP contribution in [0.5, 0.6) is 0 Å². The molecule has 0 aliphatic heterocycles. The van der Waals surface area contributed by atoms with E-state index in [0.717, 1.165) is 16.9 Å². The average molecular weight is 248 g/mol. The maximum absolute atomic E-state index is 11.0. The van der Waals surface area contributed by atoms with Crippen LogP contribution in [-0.4, -0.2) is 25.3 Å². The van der Waals surface area contributed by atoms with Gasteiger partial charge >= 0.3 is 5.97 Å². The molecule has 4 heteroatoms. The predicted molar refractivity (Wildman–Crippen MR) is 66.8 cm³/mol. The van der Waals surface area contributed by atoms with E-state index in [-0.39, 0.29) is 0 Å². The molecule has 0 saturated carbocycles. The van der Waals surface area contributed by atoms with Crippen molar-refractivity contribution in [1.29, 1.82) is 0 Å². The molecule has 0 fully saturated rings. The Hall–Kier alpha value is -1.97. The zero-order chi connectivity index (χ0) is 13.1. The van der Waals surface area contributed by atoms with Gasteiger partial charge in [-0.2, -0.15) is 0 Å². The number of fused-ring (bicyclic) bond motifs is 1. The Morgan fingerprint density at radius 2 is 2.00 bits per heavy atom. The summed E-state index contributed by atoms with van der Waals surface area (Å²) in [4.78, 5) is 11.0. The Kier molecular flexibility index (Phi) is 3.55. The molecular formula is C14H16O4. The number of aliphatic carboxylic acids is 1. The summed E-state index contributed by atoms with van der Waals surface area (Å²) < 4.78 is 10.7. The van der Waals surface area contributed by atoms with E-state index < -0.39 is 5.97 Å². The van der Waals surface area contributed by atoms with Gasteiger partial charge in [-0.05, 0) is 18.4 Å². The fourth-order valence-corrected chi connectivity index (χ4v) is 2.25. The zero-order valence-corrected chi connectivity index (χ0v) is 10.5. The van der Waals surface area contributed by atoms with Crippen molar-refractivity contribution >= 4 is 5.97 Å². The smallest absolute Gasteiger partial charge is 0.331 e. The zero-order valence-electron chi connectivity index (χ0n) is 10.5. The lowest BCUT2D eigenvalue weighted by atomic mass is 9.93. The lowest BCUT2D eigenvalue weighted by molar-refractivity contribution is -0.132. The maximum Gasteiger partial charge on any atom is 0.331 e. The van der Waals surface area contributed by atoms with Gasteiger partial charge < -0.3 is 14.6 Å². The molecule has 96 valence electrons. The number of hydrogen-bond acceptors (Lipinski definition) is 3. The normalized spacial score (nSPS) is 19.1. The molecule has 0 aromatic rings. The van der Waals surface area contributed by atoms with Crippen LogP contribution in [0.3, 0.4) is 0 Å². The molecule has 4 nitrogen and oxygen atoms in total. The lowest BCUT2D eigenvalue weighted by Crippen LogP contribution is -2.07. The van der Waals surface area contributed by atoms with Crippen LogP contribution in [0.25, 0.3) is 0 Å². The lowest BCUT2D eigenvalue weighted by Gasteiger charge is -2.21. The van der Waals surface area contributed by atoms with Gasteiger partial charge in [-0.3, -0.25) is 0 Å². The fraction of sp³-hybridized carbons (Fsp3) is 0.357. The molecular weight excluding hydrogens is 232 g/mol. The number of carboxylic acids is 1. The van der Waals surface area contributed by atoms with E-state index in [1.165, 1.54) is 0 Å². The van der Waals surface area contributed by atoms with Crippen molar-refractivity contribution in [3.05, 3.63) is 46.5 Å². The second kappa shape index (κ2) is 5.12. The molecule has 0 heterocycles. The molecule has 2 aliphatic rings. The number of hydrogen-bond donors (Lipinski definition) is 1. The Balaban J connectivity index is 2.41. The van der Waals surface area contributed by atoms with Gasteiger partial charge in [-0.15, -0.1) is 0 Å².